The van der Waals surface area contributed by atoms with Crippen LogP contribution in [0.2, 0.25) is 0 Å². The molecule has 0 aliphatic heterocycles. The van der Waals surface area contributed by atoms with Crippen LogP contribution in [0.25, 0.3) is 0 Å². The van der Waals surface area contributed by atoms with Crippen molar-refractivity contribution in [1.82, 2.24) is 5.32 Å². The van der Waals surface area contributed by atoms with E-state index in [1.54, 1.807) is 19.2 Å². The summed E-state index contributed by atoms with van der Waals surface area (Å²) < 4.78 is 18.9. The monoisotopic (exact) mass is 269 g/mol. The van der Waals surface area contributed by atoms with Crippen molar-refractivity contribution < 1.29 is 14.3 Å². The Morgan fingerprint density at radius 2 is 2.32 bits per heavy atom. The van der Waals surface area contributed by atoms with E-state index < -0.39 is 0 Å². The lowest BCUT2D eigenvalue weighted by Gasteiger charge is -2.16. The van der Waals surface area contributed by atoms with Crippen LogP contribution in [0.15, 0.2) is 23.4 Å². The van der Waals surface area contributed by atoms with E-state index in [9.17, 15) is 4.39 Å². The minimum Gasteiger partial charge on any atom is -0.409 e. The van der Waals surface area contributed by atoms with Gasteiger partial charge in [0.1, 0.15) is 5.82 Å². The number of rotatable bonds is 7. The molecule has 0 radical (unpaired) electrons. The first kappa shape index (κ1) is 15.4. The van der Waals surface area contributed by atoms with E-state index in [0.29, 0.717) is 24.3 Å². The molecule has 0 heterocycles. The lowest BCUT2D eigenvalue weighted by Crippen LogP contribution is -2.32. The fourth-order valence-corrected chi connectivity index (χ4v) is 1.68. The molecule has 0 bridgehead atoms. The van der Waals surface area contributed by atoms with Crippen molar-refractivity contribution in [3.8, 4) is 0 Å². The summed E-state index contributed by atoms with van der Waals surface area (Å²) in [7, 11) is 1.64. The molecule has 19 heavy (non-hydrogen) atoms. The van der Waals surface area contributed by atoms with Gasteiger partial charge in [0.25, 0.3) is 0 Å². The van der Waals surface area contributed by atoms with Gasteiger partial charge < -0.3 is 21.0 Å². The topological polar surface area (TPSA) is 79.9 Å². The van der Waals surface area contributed by atoms with Crippen LogP contribution in [0.5, 0.6) is 0 Å². The summed E-state index contributed by atoms with van der Waals surface area (Å²) in [6.45, 7) is 3.03. The Morgan fingerprint density at radius 1 is 1.58 bits per heavy atom. The van der Waals surface area contributed by atoms with Crippen LogP contribution >= 0.6 is 0 Å². The van der Waals surface area contributed by atoms with Crippen LogP contribution in [-0.4, -0.2) is 30.8 Å². The van der Waals surface area contributed by atoms with Crippen LogP contribution < -0.4 is 11.1 Å². The first-order chi connectivity index (χ1) is 9.12. The maximum absolute atomic E-state index is 13.8. The van der Waals surface area contributed by atoms with Gasteiger partial charge >= 0.3 is 0 Å². The molecule has 0 amide bonds. The fraction of sp³-hybridized carbons (Fsp3) is 0.462. The normalized spacial score (nSPS) is 13.5. The Labute approximate surface area is 112 Å². The van der Waals surface area contributed by atoms with Crippen molar-refractivity contribution in [3.05, 3.63) is 35.1 Å². The highest BCUT2D eigenvalue weighted by atomic mass is 19.1. The molecule has 1 atom stereocenters. The second kappa shape index (κ2) is 7.70. The third kappa shape index (κ3) is 4.50. The second-order valence-electron chi connectivity index (χ2n) is 4.23. The predicted octanol–water partition coefficient (Wildman–Crippen LogP) is 1.43. The van der Waals surface area contributed by atoms with E-state index in [1.807, 2.05) is 6.92 Å². The molecular weight excluding hydrogens is 249 g/mol. The van der Waals surface area contributed by atoms with Crippen molar-refractivity contribution in [3.63, 3.8) is 0 Å². The summed E-state index contributed by atoms with van der Waals surface area (Å²) in [6.07, 6.45) is 0.900. The molecule has 0 aliphatic carbocycles. The number of hydrogen-bond donors (Lipinski definition) is 3. The average Bonchev–Trinajstić information content (AvgIpc) is 2.43. The Morgan fingerprint density at radius 3 is 2.84 bits per heavy atom. The minimum atomic E-state index is -0.385. The van der Waals surface area contributed by atoms with Gasteiger partial charge in [-0.3, -0.25) is 0 Å². The third-order valence-corrected chi connectivity index (χ3v) is 2.90. The van der Waals surface area contributed by atoms with Gasteiger partial charge in [-0.1, -0.05) is 24.2 Å². The maximum Gasteiger partial charge on any atom is 0.170 e. The number of oxime groups is 1. The van der Waals surface area contributed by atoms with Gasteiger partial charge in [0.2, 0.25) is 0 Å². The Hall–Kier alpha value is -1.66. The number of nitrogens with zero attached hydrogens (tertiary/aromatic N) is 1. The number of nitrogens with one attached hydrogen (secondary N) is 1. The molecule has 1 aromatic carbocycles. The Balaban J connectivity index is 2.70. The van der Waals surface area contributed by atoms with Gasteiger partial charge in [-0.25, -0.2) is 4.39 Å². The number of methoxy groups -OCH3 is 1. The number of hydrogen-bond acceptors (Lipinski definition) is 4. The lowest BCUT2D eigenvalue weighted by molar-refractivity contribution is 0.163. The number of nitrogens with two attached hydrogens (primary N) is 1. The molecule has 5 nitrogen and oxygen atoms in total. The van der Waals surface area contributed by atoms with Crippen molar-refractivity contribution in [2.75, 3.05) is 13.7 Å². The van der Waals surface area contributed by atoms with Crippen LogP contribution in [-0.2, 0) is 11.3 Å². The van der Waals surface area contributed by atoms with Gasteiger partial charge in [0, 0.05) is 30.8 Å². The zero-order valence-electron chi connectivity index (χ0n) is 11.2. The molecule has 1 unspecified atom stereocenters. The van der Waals surface area contributed by atoms with E-state index in [0.717, 1.165) is 6.42 Å². The summed E-state index contributed by atoms with van der Waals surface area (Å²) in [5, 5.41) is 14.6. The second-order valence-corrected chi connectivity index (χ2v) is 4.23. The highest BCUT2D eigenvalue weighted by Crippen LogP contribution is 2.11. The Bertz CT molecular complexity index is 438. The van der Waals surface area contributed by atoms with E-state index in [1.165, 1.54) is 6.07 Å². The minimum absolute atomic E-state index is 0.107. The van der Waals surface area contributed by atoms with Crippen molar-refractivity contribution in [2.24, 2.45) is 10.9 Å². The van der Waals surface area contributed by atoms with Crippen molar-refractivity contribution >= 4 is 5.84 Å². The summed E-state index contributed by atoms with van der Waals surface area (Å²) in [5.41, 5.74) is 6.28. The molecule has 0 aliphatic rings. The van der Waals surface area contributed by atoms with E-state index in [-0.39, 0.29) is 17.7 Å². The summed E-state index contributed by atoms with van der Waals surface area (Å²) in [6, 6.07) is 4.68. The molecule has 1 rings (SSSR count). The molecule has 0 aromatic heterocycles. The van der Waals surface area contributed by atoms with E-state index in [4.69, 9.17) is 15.7 Å². The van der Waals surface area contributed by atoms with Crippen molar-refractivity contribution in [1.29, 1.82) is 0 Å². The van der Waals surface area contributed by atoms with Gasteiger partial charge in [0.05, 0.1) is 6.61 Å². The quantitative estimate of drug-likeness (QED) is 0.303. The zero-order chi connectivity index (χ0) is 14.3. The molecule has 1 aromatic rings. The summed E-state index contributed by atoms with van der Waals surface area (Å²) in [5.74, 6) is -0.493. The van der Waals surface area contributed by atoms with Crippen LogP contribution in [0.1, 0.15) is 24.5 Å². The highest BCUT2D eigenvalue weighted by Gasteiger charge is 2.09. The number of benzene rings is 1. The van der Waals surface area contributed by atoms with E-state index in [2.05, 4.69) is 10.5 Å². The number of amidine groups is 1. The molecule has 0 saturated carbocycles. The fourth-order valence-electron chi connectivity index (χ4n) is 1.68. The van der Waals surface area contributed by atoms with Gasteiger partial charge in [-0.2, -0.15) is 0 Å². The number of halogens is 1. The molecule has 106 valence electrons. The van der Waals surface area contributed by atoms with Gasteiger partial charge in [-0.15, -0.1) is 0 Å². The SMILES string of the molecule is CCC(COC)NCc1ccc(C(N)=NO)cc1F. The van der Waals surface area contributed by atoms with Crippen LogP contribution in [0, 0.1) is 5.82 Å². The molecule has 0 spiro atoms. The van der Waals surface area contributed by atoms with Crippen molar-refractivity contribution in [2.45, 2.75) is 25.9 Å². The predicted molar refractivity (Wildman–Crippen MR) is 71.7 cm³/mol. The lowest BCUT2D eigenvalue weighted by atomic mass is 10.1. The molecule has 6 heteroatoms. The standard InChI is InChI=1S/C13H20FN3O2/c1-3-11(8-19-2)16-7-10-5-4-9(6-12(10)14)13(15)17-18/h4-6,11,16,18H,3,7-8H2,1-2H3,(H2,15,17). The molecular formula is C13H20FN3O2. The van der Waals surface area contributed by atoms with Crippen LogP contribution in [0.4, 0.5) is 4.39 Å². The van der Waals surface area contributed by atoms with E-state index >= 15 is 0 Å². The summed E-state index contributed by atoms with van der Waals surface area (Å²) in [4.78, 5) is 0. The van der Waals surface area contributed by atoms with Gasteiger partial charge in [-0.05, 0) is 12.5 Å². The number of ether oxygens (including phenoxy) is 1. The van der Waals surface area contributed by atoms with Gasteiger partial charge in [0.15, 0.2) is 5.84 Å². The highest BCUT2D eigenvalue weighted by molar-refractivity contribution is 5.97. The average molecular weight is 269 g/mol. The maximum atomic E-state index is 13.8. The largest absolute Gasteiger partial charge is 0.409 e. The molecule has 4 N–H and O–H groups in total. The van der Waals surface area contributed by atoms with Crippen LogP contribution in [0.3, 0.4) is 0 Å². The molecule has 0 saturated heterocycles. The zero-order valence-corrected chi connectivity index (χ0v) is 11.2. The third-order valence-electron chi connectivity index (χ3n) is 2.90. The molecule has 0 fully saturated rings. The first-order valence-corrected chi connectivity index (χ1v) is 6.11. The smallest absolute Gasteiger partial charge is 0.170 e. The Kier molecular flexibility index (Phi) is 6.24. The first-order valence-electron chi connectivity index (χ1n) is 6.11. The summed E-state index contributed by atoms with van der Waals surface area (Å²) >= 11 is 0.